The first kappa shape index (κ1) is 16.9. The van der Waals surface area contributed by atoms with Crippen LogP contribution in [0.1, 0.15) is 39.0 Å². The zero-order valence-electron chi connectivity index (χ0n) is 11.0. The van der Waals surface area contributed by atoms with Crippen LogP contribution in [-0.4, -0.2) is 30.4 Å². The van der Waals surface area contributed by atoms with Crippen LogP contribution in [0.4, 0.5) is 0 Å². The van der Waals surface area contributed by atoms with Crippen molar-refractivity contribution in [2.45, 2.75) is 45.1 Å². The maximum atomic E-state index is 11.5. The average molecular weight is 269 g/mol. The summed E-state index contributed by atoms with van der Waals surface area (Å²) in [6.45, 7) is 1.94. The number of nitrogens with zero attached hydrogens (tertiary/aromatic N) is 1. The van der Waals surface area contributed by atoms with Crippen molar-refractivity contribution < 1.29 is 19.1 Å². The summed E-state index contributed by atoms with van der Waals surface area (Å²) in [5, 5.41) is 10.8. The van der Waals surface area contributed by atoms with E-state index in [2.05, 4.69) is 10.1 Å². The fourth-order valence-electron chi connectivity index (χ4n) is 1.39. The lowest BCUT2D eigenvalue weighted by Crippen LogP contribution is -2.44. The summed E-state index contributed by atoms with van der Waals surface area (Å²) < 4.78 is 4.68. The Hall–Kier alpha value is -2.10. The Morgan fingerprint density at radius 3 is 2.58 bits per heavy atom. The van der Waals surface area contributed by atoms with Crippen LogP contribution in [0.15, 0.2) is 0 Å². The van der Waals surface area contributed by atoms with Crippen LogP contribution < -0.4 is 11.1 Å². The van der Waals surface area contributed by atoms with Crippen molar-refractivity contribution in [2.75, 3.05) is 6.61 Å². The number of rotatable bonds is 9. The molecule has 0 aliphatic heterocycles. The second kappa shape index (κ2) is 9.88. The second-order valence-electron chi connectivity index (χ2n) is 3.88. The molecule has 0 unspecified atom stereocenters. The topological polar surface area (TPSA) is 122 Å². The van der Waals surface area contributed by atoms with Crippen LogP contribution in [0.2, 0.25) is 0 Å². The van der Waals surface area contributed by atoms with Crippen molar-refractivity contribution in [1.82, 2.24) is 5.32 Å². The number of hydrogen-bond acceptors (Lipinski definition) is 5. The molecule has 0 aliphatic rings. The van der Waals surface area contributed by atoms with Crippen LogP contribution in [0.5, 0.6) is 0 Å². The lowest BCUT2D eigenvalue weighted by atomic mass is 10.1. The van der Waals surface area contributed by atoms with Crippen molar-refractivity contribution in [2.24, 2.45) is 5.73 Å². The number of unbranched alkanes of at least 4 members (excludes halogenated alkanes) is 1. The van der Waals surface area contributed by atoms with Crippen molar-refractivity contribution in [3.05, 3.63) is 0 Å². The van der Waals surface area contributed by atoms with E-state index in [1.54, 1.807) is 6.92 Å². The highest BCUT2D eigenvalue weighted by molar-refractivity contribution is 5.87. The number of nitriles is 1. The van der Waals surface area contributed by atoms with E-state index < -0.39 is 23.8 Å². The molecule has 7 heteroatoms. The Morgan fingerprint density at radius 1 is 1.37 bits per heavy atom. The molecular formula is C12H19N3O4. The fraction of sp³-hybridized carbons (Fsp3) is 0.667. The number of nitrogens with one attached hydrogen (secondary N) is 1. The standard InChI is InChI=1S/C12H19N3O4/c1-2-19-11(17)7-6-10(16)15-9(12(14)18)5-3-4-8-13/h9H,2-7H2,1H3,(H2,14,18)(H,15,16)/t9-/m1/s1. The molecule has 0 spiro atoms. The van der Waals surface area contributed by atoms with Gasteiger partial charge >= 0.3 is 5.97 Å². The van der Waals surface area contributed by atoms with E-state index in [9.17, 15) is 14.4 Å². The van der Waals surface area contributed by atoms with Gasteiger partial charge in [0.2, 0.25) is 11.8 Å². The molecule has 0 aromatic heterocycles. The minimum atomic E-state index is -0.803. The molecule has 0 aliphatic carbocycles. The molecule has 0 bridgehead atoms. The lowest BCUT2D eigenvalue weighted by molar-refractivity contribution is -0.144. The molecule has 0 fully saturated rings. The highest BCUT2D eigenvalue weighted by Gasteiger charge is 2.18. The predicted octanol–water partition coefficient (Wildman–Crippen LogP) is -0.00632. The molecule has 0 radical (unpaired) electrons. The molecule has 2 amide bonds. The number of carbonyl (C=O) groups is 3. The Morgan fingerprint density at radius 2 is 2.05 bits per heavy atom. The van der Waals surface area contributed by atoms with Gasteiger partial charge in [0.1, 0.15) is 6.04 Å². The zero-order valence-corrected chi connectivity index (χ0v) is 11.0. The number of primary amides is 1. The molecule has 0 rings (SSSR count). The summed E-state index contributed by atoms with van der Waals surface area (Å²) in [7, 11) is 0. The summed E-state index contributed by atoms with van der Waals surface area (Å²) in [6.07, 6.45) is 0.989. The molecule has 0 aromatic carbocycles. The summed E-state index contributed by atoms with van der Waals surface area (Å²) in [5.74, 6) is -1.55. The summed E-state index contributed by atoms with van der Waals surface area (Å²) in [6, 6.07) is 1.14. The Labute approximate surface area is 112 Å². The number of nitrogens with two attached hydrogens (primary N) is 1. The van der Waals surface area contributed by atoms with Gasteiger partial charge in [-0.2, -0.15) is 5.26 Å². The van der Waals surface area contributed by atoms with Gasteiger partial charge in [0.15, 0.2) is 0 Å². The van der Waals surface area contributed by atoms with E-state index in [0.717, 1.165) is 0 Å². The van der Waals surface area contributed by atoms with E-state index in [1.807, 2.05) is 6.07 Å². The number of amides is 2. The van der Waals surface area contributed by atoms with Gasteiger partial charge in [-0.1, -0.05) is 0 Å². The molecule has 3 N–H and O–H groups in total. The molecule has 1 atom stereocenters. The SMILES string of the molecule is CCOC(=O)CCC(=O)N[C@H](CCCC#N)C(N)=O. The zero-order chi connectivity index (χ0) is 14.7. The van der Waals surface area contributed by atoms with Crippen LogP contribution in [0.25, 0.3) is 0 Å². The molecule has 0 saturated heterocycles. The first-order chi connectivity index (χ1) is 9.01. The van der Waals surface area contributed by atoms with Gasteiger partial charge in [0, 0.05) is 12.8 Å². The van der Waals surface area contributed by atoms with Gasteiger partial charge in [0.25, 0.3) is 0 Å². The minimum absolute atomic E-state index is 0.0383. The number of ether oxygens (including phenoxy) is 1. The van der Waals surface area contributed by atoms with Gasteiger partial charge in [-0.3, -0.25) is 14.4 Å². The highest BCUT2D eigenvalue weighted by Crippen LogP contribution is 2.01. The third-order valence-electron chi connectivity index (χ3n) is 2.32. The smallest absolute Gasteiger partial charge is 0.306 e. The van der Waals surface area contributed by atoms with Crippen molar-refractivity contribution in [3.8, 4) is 6.07 Å². The third-order valence-corrected chi connectivity index (χ3v) is 2.32. The van der Waals surface area contributed by atoms with Gasteiger partial charge in [-0.25, -0.2) is 0 Å². The number of carbonyl (C=O) groups excluding carboxylic acids is 3. The second-order valence-corrected chi connectivity index (χ2v) is 3.88. The third kappa shape index (κ3) is 8.60. The summed E-state index contributed by atoms with van der Waals surface area (Å²) in [4.78, 5) is 33.7. The molecule has 0 aromatic rings. The van der Waals surface area contributed by atoms with Gasteiger partial charge in [-0.05, 0) is 19.8 Å². The molecule has 19 heavy (non-hydrogen) atoms. The Bertz CT molecular complexity index is 362. The van der Waals surface area contributed by atoms with E-state index >= 15 is 0 Å². The fourth-order valence-corrected chi connectivity index (χ4v) is 1.39. The van der Waals surface area contributed by atoms with E-state index in [4.69, 9.17) is 11.0 Å². The summed E-state index contributed by atoms with van der Waals surface area (Å²) in [5.41, 5.74) is 5.14. The van der Waals surface area contributed by atoms with Gasteiger partial charge < -0.3 is 15.8 Å². The molecule has 7 nitrogen and oxygen atoms in total. The van der Waals surface area contributed by atoms with E-state index in [0.29, 0.717) is 19.3 Å². The Kier molecular flexibility index (Phi) is 8.79. The molecule has 0 saturated carbocycles. The molecular weight excluding hydrogens is 250 g/mol. The quantitative estimate of drug-likeness (QED) is 0.450. The largest absolute Gasteiger partial charge is 0.466 e. The van der Waals surface area contributed by atoms with Crippen LogP contribution in [-0.2, 0) is 19.1 Å². The number of esters is 1. The van der Waals surface area contributed by atoms with E-state index in [1.165, 1.54) is 0 Å². The molecule has 106 valence electrons. The maximum absolute atomic E-state index is 11.5. The number of hydrogen-bond donors (Lipinski definition) is 2. The van der Waals surface area contributed by atoms with Crippen LogP contribution in [0, 0.1) is 11.3 Å². The maximum Gasteiger partial charge on any atom is 0.306 e. The van der Waals surface area contributed by atoms with Crippen molar-refractivity contribution in [3.63, 3.8) is 0 Å². The first-order valence-corrected chi connectivity index (χ1v) is 6.12. The average Bonchev–Trinajstić information content (AvgIpc) is 2.35. The predicted molar refractivity (Wildman–Crippen MR) is 66.5 cm³/mol. The molecule has 0 heterocycles. The Balaban J connectivity index is 4.07. The van der Waals surface area contributed by atoms with Crippen LogP contribution >= 0.6 is 0 Å². The monoisotopic (exact) mass is 269 g/mol. The highest BCUT2D eigenvalue weighted by atomic mass is 16.5. The first-order valence-electron chi connectivity index (χ1n) is 6.12. The minimum Gasteiger partial charge on any atom is -0.466 e. The summed E-state index contributed by atoms with van der Waals surface area (Å²) >= 11 is 0. The van der Waals surface area contributed by atoms with Crippen LogP contribution in [0.3, 0.4) is 0 Å². The van der Waals surface area contributed by atoms with Crippen molar-refractivity contribution >= 4 is 17.8 Å². The van der Waals surface area contributed by atoms with Gasteiger partial charge in [-0.15, -0.1) is 0 Å². The van der Waals surface area contributed by atoms with E-state index in [-0.39, 0.29) is 19.4 Å². The normalized spacial score (nSPS) is 11.2. The lowest BCUT2D eigenvalue weighted by Gasteiger charge is -2.14. The van der Waals surface area contributed by atoms with Crippen molar-refractivity contribution in [1.29, 1.82) is 5.26 Å². The van der Waals surface area contributed by atoms with Gasteiger partial charge in [0.05, 0.1) is 19.1 Å².